The van der Waals surface area contributed by atoms with Crippen molar-refractivity contribution in [1.29, 1.82) is 0 Å². The quantitative estimate of drug-likeness (QED) is 0.834. The number of rotatable bonds is 6. The van der Waals surface area contributed by atoms with Crippen LogP contribution in [-0.4, -0.2) is 16.5 Å². The molecule has 0 saturated carbocycles. The monoisotopic (exact) mass is 347 g/mol. The molecular formula is C17H22BrN3. The average molecular weight is 348 g/mol. The molecule has 0 fully saturated rings. The molecule has 0 bridgehead atoms. The van der Waals surface area contributed by atoms with Crippen molar-refractivity contribution in [2.24, 2.45) is 0 Å². The van der Waals surface area contributed by atoms with E-state index in [1.54, 1.807) is 0 Å². The fourth-order valence-corrected chi connectivity index (χ4v) is 2.83. The third kappa shape index (κ3) is 4.27. The first-order valence-corrected chi connectivity index (χ1v) is 8.28. The summed E-state index contributed by atoms with van der Waals surface area (Å²) in [5, 5.41) is 3.31. The Morgan fingerprint density at radius 2 is 2.00 bits per heavy atom. The van der Waals surface area contributed by atoms with Crippen LogP contribution in [0.25, 0.3) is 0 Å². The topological polar surface area (TPSA) is 37.8 Å². The van der Waals surface area contributed by atoms with Crippen LogP contribution in [-0.2, 0) is 12.8 Å². The van der Waals surface area contributed by atoms with Crippen LogP contribution >= 0.6 is 15.9 Å². The molecule has 1 aromatic heterocycles. The van der Waals surface area contributed by atoms with Gasteiger partial charge in [-0.25, -0.2) is 9.97 Å². The lowest BCUT2D eigenvalue weighted by atomic mass is 10.1. The number of nitrogens with one attached hydrogen (secondary N) is 1. The molecule has 0 aliphatic rings. The van der Waals surface area contributed by atoms with E-state index in [2.05, 4.69) is 71.3 Å². The van der Waals surface area contributed by atoms with Gasteiger partial charge in [0.15, 0.2) is 0 Å². The molecule has 0 aliphatic heterocycles. The lowest BCUT2D eigenvalue weighted by molar-refractivity contribution is 0.833. The molecule has 0 amide bonds. The van der Waals surface area contributed by atoms with E-state index in [-0.39, 0.29) is 0 Å². The molecule has 0 spiro atoms. The van der Waals surface area contributed by atoms with Crippen molar-refractivity contribution < 1.29 is 0 Å². The van der Waals surface area contributed by atoms with E-state index < -0.39 is 0 Å². The maximum absolute atomic E-state index is 4.73. The van der Waals surface area contributed by atoms with Gasteiger partial charge in [0.1, 0.15) is 11.6 Å². The minimum Gasteiger partial charge on any atom is -0.369 e. The Morgan fingerprint density at radius 1 is 1.19 bits per heavy atom. The molecule has 0 radical (unpaired) electrons. The van der Waals surface area contributed by atoms with Gasteiger partial charge in [-0.1, -0.05) is 43.2 Å². The summed E-state index contributed by atoms with van der Waals surface area (Å²) >= 11 is 3.63. The van der Waals surface area contributed by atoms with Gasteiger partial charge in [0.05, 0.1) is 10.2 Å². The van der Waals surface area contributed by atoms with E-state index in [9.17, 15) is 0 Å². The normalized spacial score (nSPS) is 10.7. The van der Waals surface area contributed by atoms with Crippen LogP contribution in [0.15, 0.2) is 28.7 Å². The molecule has 112 valence electrons. The van der Waals surface area contributed by atoms with Gasteiger partial charge in [0, 0.05) is 13.0 Å². The van der Waals surface area contributed by atoms with Crippen LogP contribution in [0, 0.1) is 6.92 Å². The fraction of sp³-hybridized carbons (Fsp3) is 0.412. The Bertz CT molecular complexity index is 584. The van der Waals surface area contributed by atoms with Gasteiger partial charge in [-0.15, -0.1) is 0 Å². The maximum Gasteiger partial charge on any atom is 0.144 e. The van der Waals surface area contributed by atoms with Crippen LogP contribution in [0.5, 0.6) is 0 Å². The van der Waals surface area contributed by atoms with E-state index in [0.29, 0.717) is 0 Å². The van der Waals surface area contributed by atoms with Crippen LogP contribution in [0.3, 0.4) is 0 Å². The Balaban J connectivity index is 2.33. The minimum atomic E-state index is 0.768. The first-order chi connectivity index (χ1) is 10.1. The van der Waals surface area contributed by atoms with E-state index in [1.807, 2.05) is 0 Å². The number of hydrogen-bond donors (Lipinski definition) is 1. The molecule has 1 N–H and O–H groups in total. The highest BCUT2D eigenvalue weighted by molar-refractivity contribution is 9.10. The summed E-state index contributed by atoms with van der Waals surface area (Å²) in [4.78, 5) is 9.39. The van der Waals surface area contributed by atoms with E-state index in [4.69, 9.17) is 4.98 Å². The predicted molar refractivity (Wildman–Crippen MR) is 91.9 cm³/mol. The van der Waals surface area contributed by atoms with Crippen molar-refractivity contribution in [2.45, 2.75) is 40.0 Å². The lowest BCUT2D eigenvalue weighted by Gasteiger charge is -2.12. The molecular weight excluding hydrogens is 326 g/mol. The van der Waals surface area contributed by atoms with Crippen molar-refractivity contribution in [2.75, 3.05) is 11.9 Å². The summed E-state index contributed by atoms with van der Waals surface area (Å²) in [5.41, 5.74) is 3.61. The average Bonchev–Trinajstić information content (AvgIpc) is 2.44. The number of halogens is 1. The molecule has 3 nitrogen and oxygen atoms in total. The fourth-order valence-electron chi connectivity index (χ4n) is 2.32. The number of hydrogen-bond acceptors (Lipinski definition) is 3. The Labute approximate surface area is 135 Å². The summed E-state index contributed by atoms with van der Waals surface area (Å²) in [5.74, 6) is 1.78. The highest BCUT2D eigenvalue weighted by Gasteiger charge is 2.11. The van der Waals surface area contributed by atoms with Gasteiger partial charge in [-0.3, -0.25) is 0 Å². The molecule has 0 unspecified atom stereocenters. The number of benzene rings is 1. The van der Waals surface area contributed by atoms with Crippen molar-refractivity contribution in [3.63, 3.8) is 0 Å². The number of nitrogens with zero attached hydrogens (tertiary/aromatic N) is 2. The van der Waals surface area contributed by atoms with Crippen molar-refractivity contribution in [1.82, 2.24) is 9.97 Å². The second-order valence-corrected chi connectivity index (χ2v) is 5.99. The highest BCUT2D eigenvalue weighted by Crippen LogP contribution is 2.25. The van der Waals surface area contributed by atoms with Gasteiger partial charge in [0.25, 0.3) is 0 Å². The second kappa shape index (κ2) is 7.55. The molecule has 0 aliphatic carbocycles. The standard InChI is InChI=1S/C17H22BrN3/c1-4-7-14-16(18)17(19-5-2)21-15(20-14)11-13-9-6-8-12(3)10-13/h6,8-10H,4-5,7,11H2,1-3H3,(H,19,20,21). The minimum absolute atomic E-state index is 0.768. The van der Waals surface area contributed by atoms with Gasteiger partial charge < -0.3 is 5.32 Å². The summed E-state index contributed by atoms with van der Waals surface area (Å²) < 4.78 is 0.999. The van der Waals surface area contributed by atoms with Gasteiger partial charge in [-0.2, -0.15) is 0 Å². The third-order valence-electron chi connectivity index (χ3n) is 3.24. The summed E-state index contributed by atoms with van der Waals surface area (Å²) in [6.45, 7) is 7.21. The molecule has 1 heterocycles. The Morgan fingerprint density at radius 3 is 2.67 bits per heavy atom. The molecule has 1 aromatic carbocycles. The Hall–Kier alpha value is -1.42. The van der Waals surface area contributed by atoms with Crippen LogP contribution < -0.4 is 5.32 Å². The third-order valence-corrected chi connectivity index (χ3v) is 4.08. The van der Waals surface area contributed by atoms with E-state index in [0.717, 1.165) is 47.6 Å². The molecule has 21 heavy (non-hydrogen) atoms. The molecule has 2 aromatic rings. The van der Waals surface area contributed by atoms with Crippen LogP contribution in [0.4, 0.5) is 5.82 Å². The van der Waals surface area contributed by atoms with Gasteiger partial charge in [0.2, 0.25) is 0 Å². The van der Waals surface area contributed by atoms with Gasteiger partial charge >= 0.3 is 0 Å². The first kappa shape index (κ1) is 16.0. The van der Waals surface area contributed by atoms with E-state index in [1.165, 1.54) is 11.1 Å². The number of aromatic nitrogens is 2. The first-order valence-electron chi connectivity index (χ1n) is 7.48. The predicted octanol–water partition coefficient (Wildman–Crippen LogP) is 4.52. The van der Waals surface area contributed by atoms with Crippen molar-refractivity contribution >= 4 is 21.7 Å². The molecule has 4 heteroatoms. The highest BCUT2D eigenvalue weighted by atomic mass is 79.9. The summed E-state index contributed by atoms with van der Waals surface area (Å²) in [6, 6.07) is 8.52. The Kier molecular flexibility index (Phi) is 5.74. The van der Waals surface area contributed by atoms with Crippen molar-refractivity contribution in [3.05, 3.63) is 51.4 Å². The molecule has 2 rings (SSSR count). The molecule has 0 atom stereocenters. The smallest absolute Gasteiger partial charge is 0.144 e. The van der Waals surface area contributed by atoms with Crippen LogP contribution in [0.2, 0.25) is 0 Å². The SMILES string of the molecule is CCCc1nc(Cc2cccc(C)c2)nc(NCC)c1Br. The zero-order valence-electron chi connectivity index (χ0n) is 12.9. The maximum atomic E-state index is 4.73. The van der Waals surface area contributed by atoms with Gasteiger partial charge in [-0.05, 0) is 41.8 Å². The summed E-state index contributed by atoms with van der Waals surface area (Å²) in [6.07, 6.45) is 2.80. The van der Waals surface area contributed by atoms with Crippen LogP contribution in [0.1, 0.15) is 42.9 Å². The lowest BCUT2D eigenvalue weighted by Crippen LogP contribution is -2.08. The second-order valence-electron chi connectivity index (χ2n) is 5.20. The van der Waals surface area contributed by atoms with E-state index >= 15 is 0 Å². The summed E-state index contributed by atoms with van der Waals surface area (Å²) in [7, 11) is 0. The zero-order valence-corrected chi connectivity index (χ0v) is 14.5. The molecule has 0 saturated heterocycles. The van der Waals surface area contributed by atoms with Crippen molar-refractivity contribution in [3.8, 4) is 0 Å². The number of aryl methyl sites for hydroxylation is 2. The zero-order chi connectivity index (χ0) is 15.2. The number of anilines is 1. The largest absolute Gasteiger partial charge is 0.369 e.